The minimum absolute atomic E-state index is 0.0333. The number of rotatable bonds is 5. The second-order valence-corrected chi connectivity index (χ2v) is 6.87. The lowest BCUT2D eigenvalue weighted by molar-refractivity contribution is 0.0687. The molecule has 1 aliphatic heterocycles. The monoisotopic (exact) mass is 338 g/mol. The number of thiophene rings is 1. The fourth-order valence-electron chi connectivity index (χ4n) is 2.87. The lowest BCUT2D eigenvalue weighted by atomic mass is 10.1. The van der Waals surface area contributed by atoms with Crippen molar-refractivity contribution in [2.75, 3.05) is 32.7 Å². The molecular weight excluding hydrogens is 318 g/mol. The average Bonchev–Trinajstić information content (AvgIpc) is 3.04. The molecule has 1 aromatic heterocycles. The van der Waals surface area contributed by atoms with Crippen molar-refractivity contribution in [3.05, 3.63) is 57.8 Å². The van der Waals surface area contributed by atoms with Crippen LogP contribution in [-0.2, 0) is 6.54 Å². The van der Waals surface area contributed by atoms with E-state index in [4.69, 9.17) is 0 Å². The number of β-amino-alcohol motifs (C(OH)–C–C–N with tert-alkyl or cyclic N) is 1. The molecule has 2 heterocycles. The maximum Gasteiger partial charge on any atom is 0.129 e. The van der Waals surface area contributed by atoms with Gasteiger partial charge in [-0.05, 0) is 29.6 Å². The summed E-state index contributed by atoms with van der Waals surface area (Å²) in [7, 11) is 0. The van der Waals surface area contributed by atoms with E-state index in [1.54, 1.807) is 11.3 Å². The third kappa shape index (κ3) is 4.35. The summed E-state index contributed by atoms with van der Waals surface area (Å²) in [6, 6.07) is 7.39. The highest BCUT2D eigenvalue weighted by molar-refractivity contribution is 7.09. The Kier molecular flexibility index (Phi) is 5.38. The van der Waals surface area contributed by atoms with E-state index in [0.29, 0.717) is 6.54 Å². The largest absolute Gasteiger partial charge is 0.387 e. The van der Waals surface area contributed by atoms with E-state index in [0.717, 1.165) is 50.9 Å². The Balaban J connectivity index is 1.51. The number of aliphatic hydroxyl groups excluding tert-OH is 1. The Bertz CT molecular complexity index is 628. The summed E-state index contributed by atoms with van der Waals surface area (Å²) in [6.45, 7) is 4.74. The van der Waals surface area contributed by atoms with Crippen LogP contribution in [0, 0.1) is 11.6 Å². The molecule has 0 aliphatic carbocycles. The Morgan fingerprint density at radius 2 is 1.83 bits per heavy atom. The molecule has 1 fully saturated rings. The van der Waals surface area contributed by atoms with Gasteiger partial charge >= 0.3 is 0 Å². The number of nitrogens with zero attached hydrogens (tertiary/aromatic N) is 2. The normalized spacial score (nSPS) is 18.2. The van der Waals surface area contributed by atoms with Crippen molar-refractivity contribution in [2.24, 2.45) is 0 Å². The van der Waals surface area contributed by atoms with E-state index < -0.39 is 17.7 Å². The van der Waals surface area contributed by atoms with E-state index in [2.05, 4.69) is 27.3 Å². The van der Waals surface area contributed by atoms with E-state index in [-0.39, 0.29) is 5.56 Å². The van der Waals surface area contributed by atoms with E-state index >= 15 is 0 Å². The minimum Gasteiger partial charge on any atom is -0.387 e. The second-order valence-electron chi connectivity index (χ2n) is 5.84. The van der Waals surface area contributed by atoms with Crippen LogP contribution in [0.5, 0.6) is 0 Å². The zero-order chi connectivity index (χ0) is 16.2. The molecule has 0 spiro atoms. The van der Waals surface area contributed by atoms with Gasteiger partial charge in [-0.1, -0.05) is 6.07 Å². The van der Waals surface area contributed by atoms with Crippen molar-refractivity contribution in [2.45, 2.75) is 12.6 Å². The SMILES string of the molecule is OC(CN1CCN(Cc2cccs2)CC1)c1cc(F)ccc1F. The number of benzene rings is 1. The zero-order valence-corrected chi connectivity index (χ0v) is 13.6. The highest BCUT2D eigenvalue weighted by Crippen LogP contribution is 2.20. The predicted molar refractivity (Wildman–Crippen MR) is 87.4 cm³/mol. The zero-order valence-electron chi connectivity index (χ0n) is 12.8. The standard InChI is InChI=1S/C17H20F2N2OS/c18-13-3-4-16(19)15(10-13)17(22)12-21-7-5-20(6-8-21)11-14-2-1-9-23-14/h1-4,9-10,17,22H,5-8,11-12H2. The molecule has 1 aromatic carbocycles. The summed E-state index contributed by atoms with van der Waals surface area (Å²) < 4.78 is 26.9. The maximum atomic E-state index is 13.7. The van der Waals surface area contributed by atoms with Crippen LogP contribution in [-0.4, -0.2) is 47.6 Å². The molecule has 1 N–H and O–H groups in total. The van der Waals surface area contributed by atoms with Gasteiger partial charge in [0, 0.05) is 49.7 Å². The summed E-state index contributed by atoms with van der Waals surface area (Å²) in [5.41, 5.74) is 0.0333. The summed E-state index contributed by atoms with van der Waals surface area (Å²) in [4.78, 5) is 5.82. The highest BCUT2D eigenvalue weighted by Gasteiger charge is 2.22. The first-order valence-corrected chi connectivity index (χ1v) is 8.60. The number of hydrogen-bond donors (Lipinski definition) is 1. The average molecular weight is 338 g/mol. The lowest BCUT2D eigenvalue weighted by Crippen LogP contribution is -2.47. The Morgan fingerprint density at radius 3 is 2.52 bits per heavy atom. The molecule has 124 valence electrons. The van der Waals surface area contributed by atoms with Gasteiger partial charge in [-0.25, -0.2) is 8.78 Å². The number of aliphatic hydroxyl groups is 1. The van der Waals surface area contributed by atoms with Gasteiger partial charge < -0.3 is 5.11 Å². The third-order valence-corrected chi connectivity index (χ3v) is 5.03. The first-order valence-electron chi connectivity index (χ1n) is 7.72. The topological polar surface area (TPSA) is 26.7 Å². The first kappa shape index (κ1) is 16.5. The molecule has 23 heavy (non-hydrogen) atoms. The van der Waals surface area contributed by atoms with Crippen molar-refractivity contribution in [3.63, 3.8) is 0 Å². The van der Waals surface area contributed by atoms with E-state index in [1.807, 2.05) is 0 Å². The van der Waals surface area contributed by atoms with E-state index in [9.17, 15) is 13.9 Å². The van der Waals surface area contributed by atoms with Gasteiger partial charge in [-0.15, -0.1) is 11.3 Å². The smallest absolute Gasteiger partial charge is 0.129 e. The second kappa shape index (κ2) is 7.49. The predicted octanol–water partition coefficient (Wildman–Crippen LogP) is 2.88. The number of piperazine rings is 1. The summed E-state index contributed by atoms with van der Waals surface area (Å²) in [5.74, 6) is -1.09. The molecule has 3 nitrogen and oxygen atoms in total. The van der Waals surface area contributed by atoms with Gasteiger partial charge in [-0.3, -0.25) is 9.80 Å². The van der Waals surface area contributed by atoms with Crippen molar-refractivity contribution in [1.82, 2.24) is 9.80 Å². The molecule has 0 bridgehead atoms. The molecule has 0 amide bonds. The Hall–Kier alpha value is -1.34. The fraction of sp³-hybridized carbons (Fsp3) is 0.412. The molecule has 2 aromatic rings. The van der Waals surface area contributed by atoms with Gasteiger partial charge in [0.1, 0.15) is 11.6 Å². The van der Waals surface area contributed by atoms with Crippen LogP contribution in [0.4, 0.5) is 8.78 Å². The fourth-order valence-corrected chi connectivity index (χ4v) is 3.61. The molecule has 0 saturated carbocycles. The first-order chi connectivity index (χ1) is 11.1. The van der Waals surface area contributed by atoms with Gasteiger partial charge in [0.25, 0.3) is 0 Å². The van der Waals surface area contributed by atoms with Crippen molar-refractivity contribution in [1.29, 1.82) is 0 Å². The molecule has 6 heteroatoms. The van der Waals surface area contributed by atoms with E-state index in [1.165, 1.54) is 4.88 Å². The van der Waals surface area contributed by atoms with Crippen molar-refractivity contribution in [3.8, 4) is 0 Å². The van der Waals surface area contributed by atoms with Crippen molar-refractivity contribution < 1.29 is 13.9 Å². The van der Waals surface area contributed by atoms with Crippen LogP contribution in [0.3, 0.4) is 0 Å². The molecule has 1 aliphatic rings. The third-order valence-electron chi connectivity index (χ3n) is 4.17. The van der Waals surface area contributed by atoms with Crippen molar-refractivity contribution >= 4 is 11.3 Å². The molecule has 1 atom stereocenters. The van der Waals surface area contributed by atoms with Crippen LogP contribution in [0.2, 0.25) is 0 Å². The molecule has 3 rings (SSSR count). The van der Waals surface area contributed by atoms with Gasteiger partial charge in [-0.2, -0.15) is 0 Å². The molecular formula is C17H20F2N2OS. The maximum absolute atomic E-state index is 13.7. The summed E-state index contributed by atoms with van der Waals surface area (Å²) in [5, 5.41) is 12.3. The van der Waals surface area contributed by atoms with Crippen LogP contribution in [0.25, 0.3) is 0 Å². The Morgan fingerprint density at radius 1 is 1.09 bits per heavy atom. The molecule has 1 saturated heterocycles. The van der Waals surface area contributed by atoms with Crippen LogP contribution >= 0.6 is 11.3 Å². The quantitative estimate of drug-likeness (QED) is 0.908. The summed E-state index contributed by atoms with van der Waals surface area (Å²) >= 11 is 1.76. The molecule has 0 radical (unpaired) electrons. The minimum atomic E-state index is -1.01. The van der Waals surface area contributed by atoms with Crippen LogP contribution < -0.4 is 0 Å². The Labute approximate surface area is 138 Å². The lowest BCUT2D eigenvalue weighted by Gasteiger charge is -2.35. The van der Waals surface area contributed by atoms with Gasteiger partial charge in [0.2, 0.25) is 0 Å². The van der Waals surface area contributed by atoms with Crippen LogP contribution in [0.1, 0.15) is 16.5 Å². The molecule has 1 unspecified atom stereocenters. The highest BCUT2D eigenvalue weighted by atomic mass is 32.1. The van der Waals surface area contributed by atoms with Gasteiger partial charge in [0.15, 0.2) is 0 Å². The number of hydrogen-bond acceptors (Lipinski definition) is 4. The van der Waals surface area contributed by atoms with Gasteiger partial charge in [0.05, 0.1) is 6.10 Å². The van der Waals surface area contributed by atoms with Crippen LogP contribution in [0.15, 0.2) is 35.7 Å². The summed E-state index contributed by atoms with van der Waals surface area (Å²) in [6.07, 6.45) is -1.01. The number of halogens is 2.